The first-order valence-electron chi connectivity index (χ1n) is 10.6. The number of piperazine rings is 1. The third-order valence-electron chi connectivity index (χ3n) is 5.99. The number of ether oxygens (including phenoxy) is 1. The molecule has 4 rings (SSSR count). The van der Waals surface area contributed by atoms with E-state index < -0.39 is 0 Å². The molecule has 0 bridgehead atoms. The van der Waals surface area contributed by atoms with Crippen LogP contribution in [-0.4, -0.2) is 26.2 Å². The van der Waals surface area contributed by atoms with Crippen LogP contribution in [0.5, 0.6) is 5.75 Å². The molecule has 1 saturated heterocycles. The van der Waals surface area contributed by atoms with E-state index in [2.05, 4.69) is 85.5 Å². The van der Waals surface area contributed by atoms with Gasteiger partial charge in [0.15, 0.2) is 0 Å². The van der Waals surface area contributed by atoms with Gasteiger partial charge in [-0.2, -0.15) is 0 Å². The summed E-state index contributed by atoms with van der Waals surface area (Å²) in [5.41, 5.74) is 6.75. The lowest BCUT2D eigenvalue weighted by Gasteiger charge is -2.34. The quantitative estimate of drug-likeness (QED) is 0.693. The van der Waals surface area contributed by atoms with Crippen molar-refractivity contribution in [1.82, 2.24) is 0 Å². The number of nitrogens with zero attached hydrogens (tertiary/aromatic N) is 1. The summed E-state index contributed by atoms with van der Waals surface area (Å²) in [6.07, 6.45) is 0. The zero-order valence-electron chi connectivity index (χ0n) is 17.5. The first-order valence-corrected chi connectivity index (χ1v) is 10.6. The predicted molar refractivity (Wildman–Crippen MR) is 120 cm³/mol. The van der Waals surface area contributed by atoms with Crippen molar-refractivity contribution in [2.45, 2.75) is 27.0 Å². The monoisotopic (exact) mass is 387 g/mol. The average molecular weight is 388 g/mol. The minimum absolute atomic E-state index is 0.617. The minimum Gasteiger partial charge on any atom is -0.489 e. The highest BCUT2D eigenvalue weighted by Crippen LogP contribution is 2.22. The molecule has 1 aliphatic rings. The number of rotatable bonds is 6. The highest BCUT2D eigenvalue weighted by Gasteiger charge is 2.21. The molecular formula is C26H31N2O+. The number of quaternary nitrogens is 1. The molecule has 3 heteroatoms. The highest BCUT2D eigenvalue weighted by atomic mass is 16.5. The van der Waals surface area contributed by atoms with Gasteiger partial charge in [-0.05, 0) is 48.7 Å². The van der Waals surface area contributed by atoms with Crippen LogP contribution in [0.2, 0.25) is 0 Å². The van der Waals surface area contributed by atoms with Crippen molar-refractivity contribution >= 4 is 5.69 Å². The van der Waals surface area contributed by atoms with Crippen LogP contribution in [0, 0.1) is 13.8 Å². The van der Waals surface area contributed by atoms with Crippen LogP contribution < -0.4 is 14.5 Å². The molecule has 1 N–H and O–H groups in total. The Labute approximate surface area is 174 Å². The van der Waals surface area contributed by atoms with Crippen molar-refractivity contribution in [3.8, 4) is 5.75 Å². The van der Waals surface area contributed by atoms with Gasteiger partial charge in [0.1, 0.15) is 18.9 Å². The Balaban J connectivity index is 1.32. The second-order valence-corrected chi connectivity index (χ2v) is 8.05. The van der Waals surface area contributed by atoms with Crippen molar-refractivity contribution in [3.05, 3.63) is 95.1 Å². The van der Waals surface area contributed by atoms with Gasteiger partial charge in [0.05, 0.1) is 26.2 Å². The van der Waals surface area contributed by atoms with Crippen molar-refractivity contribution < 1.29 is 9.64 Å². The summed E-state index contributed by atoms with van der Waals surface area (Å²) >= 11 is 0. The first kappa shape index (κ1) is 19.5. The second-order valence-electron chi connectivity index (χ2n) is 8.05. The van der Waals surface area contributed by atoms with Crippen LogP contribution in [-0.2, 0) is 13.2 Å². The van der Waals surface area contributed by atoms with Crippen LogP contribution in [0.3, 0.4) is 0 Å². The van der Waals surface area contributed by atoms with Gasteiger partial charge in [-0.25, -0.2) is 0 Å². The molecule has 150 valence electrons. The average Bonchev–Trinajstić information content (AvgIpc) is 2.76. The number of benzene rings is 3. The molecular weight excluding hydrogens is 356 g/mol. The van der Waals surface area contributed by atoms with Crippen molar-refractivity contribution in [1.29, 1.82) is 0 Å². The fourth-order valence-corrected chi connectivity index (χ4v) is 4.09. The number of aryl methyl sites for hydroxylation is 1. The third kappa shape index (κ3) is 4.99. The van der Waals surface area contributed by atoms with E-state index in [1.54, 1.807) is 4.90 Å². The molecule has 0 radical (unpaired) electrons. The standard InChI is InChI=1S/C26H30N2O/c1-21-8-6-13-26(22(21)2)28-16-14-27(15-17-28)19-24-11-7-12-25(18-24)29-20-23-9-4-3-5-10-23/h3-13,18H,14-17,19-20H2,1-2H3/p+1. The Morgan fingerprint density at radius 1 is 0.828 bits per heavy atom. The molecule has 3 aromatic carbocycles. The number of anilines is 1. The molecule has 0 unspecified atom stereocenters. The zero-order valence-corrected chi connectivity index (χ0v) is 17.5. The Morgan fingerprint density at radius 3 is 2.34 bits per heavy atom. The second kappa shape index (κ2) is 9.15. The van der Waals surface area contributed by atoms with E-state index in [0.29, 0.717) is 6.61 Å². The molecule has 3 aromatic rings. The van der Waals surface area contributed by atoms with E-state index in [1.165, 1.54) is 41.0 Å². The maximum absolute atomic E-state index is 6.00. The van der Waals surface area contributed by atoms with E-state index >= 15 is 0 Å². The number of hydrogen-bond acceptors (Lipinski definition) is 2. The highest BCUT2D eigenvalue weighted by molar-refractivity contribution is 5.56. The topological polar surface area (TPSA) is 16.9 Å². The molecule has 0 aliphatic carbocycles. The Morgan fingerprint density at radius 2 is 1.55 bits per heavy atom. The molecule has 0 saturated carbocycles. The summed E-state index contributed by atoms with van der Waals surface area (Å²) in [4.78, 5) is 4.19. The maximum Gasteiger partial charge on any atom is 0.120 e. The lowest BCUT2D eigenvalue weighted by Crippen LogP contribution is -3.13. The van der Waals surface area contributed by atoms with E-state index in [4.69, 9.17) is 4.74 Å². The van der Waals surface area contributed by atoms with Crippen molar-refractivity contribution in [2.75, 3.05) is 31.1 Å². The first-order chi connectivity index (χ1) is 14.2. The Hall–Kier alpha value is -2.78. The van der Waals surface area contributed by atoms with Crippen molar-refractivity contribution in [3.63, 3.8) is 0 Å². The van der Waals surface area contributed by atoms with Gasteiger partial charge in [0.25, 0.3) is 0 Å². The molecule has 0 spiro atoms. The fourth-order valence-electron chi connectivity index (χ4n) is 4.09. The van der Waals surface area contributed by atoms with Crippen molar-refractivity contribution in [2.24, 2.45) is 0 Å². The molecule has 0 aromatic heterocycles. The molecule has 29 heavy (non-hydrogen) atoms. The fraction of sp³-hybridized carbons (Fsp3) is 0.308. The van der Waals surface area contributed by atoms with E-state index in [1.807, 2.05) is 6.07 Å². The summed E-state index contributed by atoms with van der Waals surface area (Å²) < 4.78 is 6.00. The van der Waals surface area contributed by atoms with Gasteiger partial charge >= 0.3 is 0 Å². The summed E-state index contributed by atoms with van der Waals surface area (Å²) in [6, 6.07) is 25.6. The zero-order chi connectivity index (χ0) is 20.1. The van der Waals surface area contributed by atoms with E-state index in [0.717, 1.165) is 25.4 Å². The van der Waals surface area contributed by atoms with E-state index in [-0.39, 0.29) is 0 Å². The van der Waals surface area contributed by atoms with E-state index in [9.17, 15) is 0 Å². The number of hydrogen-bond donors (Lipinski definition) is 1. The summed E-state index contributed by atoms with van der Waals surface area (Å²) in [5.74, 6) is 0.958. The lowest BCUT2D eigenvalue weighted by atomic mass is 10.1. The maximum atomic E-state index is 6.00. The normalized spacial score (nSPS) is 14.8. The molecule has 1 aliphatic heterocycles. The predicted octanol–water partition coefficient (Wildman–Crippen LogP) is 3.79. The van der Waals surface area contributed by atoms with Gasteiger partial charge < -0.3 is 14.5 Å². The SMILES string of the molecule is Cc1cccc(N2CC[NH+](Cc3cccc(OCc4ccccc4)c3)CC2)c1C. The summed E-state index contributed by atoms with van der Waals surface area (Å²) in [7, 11) is 0. The van der Waals surface area contributed by atoms with Gasteiger partial charge in [-0.15, -0.1) is 0 Å². The Kier molecular flexibility index (Phi) is 6.16. The molecule has 1 heterocycles. The minimum atomic E-state index is 0.617. The van der Waals surface area contributed by atoms with Crippen LogP contribution in [0.25, 0.3) is 0 Å². The van der Waals surface area contributed by atoms with Crippen LogP contribution in [0.1, 0.15) is 22.3 Å². The largest absolute Gasteiger partial charge is 0.489 e. The van der Waals surface area contributed by atoms with Crippen LogP contribution in [0.15, 0.2) is 72.8 Å². The number of nitrogens with one attached hydrogen (secondary N) is 1. The van der Waals surface area contributed by atoms with Gasteiger partial charge in [-0.1, -0.05) is 54.6 Å². The lowest BCUT2D eigenvalue weighted by molar-refractivity contribution is -0.914. The molecule has 0 atom stereocenters. The molecule has 0 amide bonds. The molecule has 3 nitrogen and oxygen atoms in total. The van der Waals surface area contributed by atoms with Crippen LogP contribution >= 0.6 is 0 Å². The third-order valence-corrected chi connectivity index (χ3v) is 5.99. The summed E-state index contributed by atoms with van der Waals surface area (Å²) in [5, 5.41) is 0. The van der Waals surface area contributed by atoms with Gasteiger partial charge in [0, 0.05) is 11.3 Å². The van der Waals surface area contributed by atoms with Gasteiger partial charge in [0.2, 0.25) is 0 Å². The van der Waals surface area contributed by atoms with Gasteiger partial charge in [-0.3, -0.25) is 0 Å². The Bertz CT molecular complexity index is 930. The molecule has 1 fully saturated rings. The van der Waals surface area contributed by atoms with Crippen LogP contribution in [0.4, 0.5) is 5.69 Å². The smallest absolute Gasteiger partial charge is 0.120 e. The summed E-state index contributed by atoms with van der Waals surface area (Å²) in [6.45, 7) is 10.7.